The predicted molar refractivity (Wildman–Crippen MR) is 81.4 cm³/mol. The lowest BCUT2D eigenvalue weighted by atomic mass is 10.1. The number of nitrogens with one attached hydrogen (secondary N) is 2. The Balaban J connectivity index is 2.87. The second-order valence-electron chi connectivity index (χ2n) is 4.57. The Bertz CT molecular complexity index is 564. The Hall–Kier alpha value is -2.00. The maximum atomic E-state index is 12.1. The van der Waals surface area contributed by atoms with Crippen LogP contribution in [0.4, 0.5) is 11.4 Å². The van der Waals surface area contributed by atoms with E-state index in [1.54, 1.807) is 13.2 Å². The van der Waals surface area contributed by atoms with Crippen molar-refractivity contribution in [2.45, 2.75) is 19.4 Å². The van der Waals surface area contributed by atoms with E-state index < -0.39 is 21.6 Å². The minimum absolute atomic E-state index is 0.0937. The molecule has 21 heavy (non-hydrogen) atoms. The largest absolute Gasteiger partial charge is 0.349 e. The Labute approximate surface area is 124 Å². The van der Waals surface area contributed by atoms with Crippen LogP contribution in [0, 0.1) is 10.1 Å². The molecule has 2 atom stereocenters. The molecule has 0 heterocycles. The molecule has 0 aliphatic heterocycles. The molecule has 1 amide bonds. The highest BCUT2D eigenvalue weighted by molar-refractivity contribution is 7.84. The Morgan fingerprint density at radius 1 is 1.52 bits per heavy atom. The van der Waals surface area contributed by atoms with Gasteiger partial charge in [0.15, 0.2) is 0 Å². The summed E-state index contributed by atoms with van der Waals surface area (Å²) in [6, 6.07) is 3.59. The summed E-state index contributed by atoms with van der Waals surface area (Å²) < 4.78 is 11.0. The number of amides is 1. The molecule has 0 aromatic heterocycles. The number of anilines is 1. The van der Waals surface area contributed by atoms with E-state index in [4.69, 9.17) is 5.84 Å². The van der Waals surface area contributed by atoms with Crippen LogP contribution in [0.3, 0.4) is 0 Å². The fourth-order valence-electron chi connectivity index (χ4n) is 1.68. The summed E-state index contributed by atoms with van der Waals surface area (Å²) in [6.07, 6.45) is 2.14. The smallest absolute Gasteiger partial charge is 0.270 e. The van der Waals surface area contributed by atoms with Crippen molar-refractivity contribution >= 4 is 28.1 Å². The first-order valence-electron chi connectivity index (χ1n) is 6.21. The van der Waals surface area contributed by atoms with Crippen LogP contribution in [0.25, 0.3) is 0 Å². The number of hydrazine groups is 1. The van der Waals surface area contributed by atoms with Crippen molar-refractivity contribution in [1.82, 2.24) is 5.32 Å². The molecule has 0 radical (unpaired) electrons. The van der Waals surface area contributed by atoms with Crippen molar-refractivity contribution in [3.8, 4) is 0 Å². The fraction of sp³-hybridized carbons (Fsp3) is 0.417. The molecule has 2 unspecified atom stereocenters. The van der Waals surface area contributed by atoms with Crippen molar-refractivity contribution < 1.29 is 13.9 Å². The average Bonchev–Trinajstić information content (AvgIpc) is 2.44. The van der Waals surface area contributed by atoms with Crippen LogP contribution in [-0.2, 0) is 10.8 Å². The Kier molecular flexibility index (Phi) is 6.25. The van der Waals surface area contributed by atoms with Crippen LogP contribution < -0.4 is 16.6 Å². The van der Waals surface area contributed by atoms with Crippen LogP contribution in [0.15, 0.2) is 18.2 Å². The number of hydrogen-bond acceptors (Lipinski definition) is 6. The summed E-state index contributed by atoms with van der Waals surface area (Å²) in [4.78, 5) is 22.3. The molecule has 0 spiro atoms. The highest BCUT2D eigenvalue weighted by atomic mass is 32.2. The van der Waals surface area contributed by atoms with Crippen LogP contribution in [0.5, 0.6) is 0 Å². The summed E-state index contributed by atoms with van der Waals surface area (Å²) in [5.74, 6) is 5.30. The van der Waals surface area contributed by atoms with Gasteiger partial charge in [0, 0.05) is 41.0 Å². The van der Waals surface area contributed by atoms with Gasteiger partial charge in [-0.15, -0.1) is 0 Å². The SMILES string of the molecule is CC(CCS(C)=O)NC(=O)c1cc([N+](=O)[O-])ccc1NN. The van der Waals surface area contributed by atoms with Crippen molar-refractivity contribution in [2.75, 3.05) is 17.4 Å². The first-order chi connectivity index (χ1) is 9.85. The van der Waals surface area contributed by atoms with Crippen LogP contribution in [0.1, 0.15) is 23.7 Å². The molecule has 8 nitrogen and oxygen atoms in total. The second-order valence-corrected chi connectivity index (χ2v) is 6.13. The fourth-order valence-corrected chi connectivity index (χ4v) is 2.36. The normalized spacial score (nSPS) is 13.3. The number of hydrogen-bond donors (Lipinski definition) is 3. The number of nitrogens with zero attached hydrogens (tertiary/aromatic N) is 1. The predicted octanol–water partition coefficient (Wildman–Crippen LogP) is 0.767. The van der Waals surface area contributed by atoms with Gasteiger partial charge in [-0.2, -0.15) is 0 Å². The number of rotatable bonds is 7. The van der Waals surface area contributed by atoms with Gasteiger partial charge in [0.2, 0.25) is 0 Å². The zero-order chi connectivity index (χ0) is 16.0. The molecular formula is C12H18N4O4S. The van der Waals surface area contributed by atoms with Gasteiger partial charge < -0.3 is 10.7 Å². The van der Waals surface area contributed by atoms with E-state index >= 15 is 0 Å². The number of benzene rings is 1. The lowest BCUT2D eigenvalue weighted by molar-refractivity contribution is -0.384. The van der Waals surface area contributed by atoms with Gasteiger partial charge in [0.1, 0.15) is 0 Å². The zero-order valence-corrected chi connectivity index (χ0v) is 12.6. The number of nitro benzene ring substituents is 1. The molecule has 0 aliphatic carbocycles. The van der Waals surface area contributed by atoms with E-state index in [1.807, 2.05) is 0 Å². The average molecular weight is 314 g/mol. The lowest BCUT2D eigenvalue weighted by Gasteiger charge is -2.15. The molecular weight excluding hydrogens is 296 g/mol. The molecule has 0 fully saturated rings. The van der Waals surface area contributed by atoms with E-state index in [2.05, 4.69) is 10.7 Å². The van der Waals surface area contributed by atoms with Crippen LogP contribution in [0.2, 0.25) is 0 Å². The van der Waals surface area contributed by atoms with Crippen molar-refractivity contribution in [3.63, 3.8) is 0 Å². The van der Waals surface area contributed by atoms with E-state index in [0.717, 1.165) is 6.07 Å². The number of non-ortho nitro benzene ring substituents is 1. The number of carbonyl (C=O) groups excluding carboxylic acids is 1. The van der Waals surface area contributed by atoms with Gasteiger partial charge in [-0.1, -0.05) is 0 Å². The van der Waals surface area contributed by atoms with Crippen LogP contribution in [-0.4, -0.2) is 33.1 Å². The Morgan fingerprint density at radius 3 is 2.71 bits per heavy atom. The summed E-state index contributed by atoms with van der Waals surface area (Å²) in [7, 11) is -0.934. The molecule has 1 rings (SSSR count). The van der Waals surface area contributed by atoms with Gasteiger partial charge in [0.05, 0.1) is 16.2 Å². The molecule has 1 aromatic rings. The third-order valence-electron chi connectivity index (χ3n) is 2.83. The van der Waals surface area contributed by atoms with Gasteiger partial charge in [-0.25, -0.2) is 0 Å². The second kappa shape index (κ2) is 7.70. The Morgan fingerprint density at radius 2 is 2.19 bits per heavy atom. The number of nitro groups is 1. The van der Waals surface area contributed by atoms with Crippen molar-refractivity contribution in [1.29, 1.82) is 0 Å². The first-order valence-corrected chi connectivity index (χ1v) is 7.93. The van der Waals surface area contributed by atoms with E-state index in [0.29, 0.717) is 17.9 Å². The maximum absolute atomic E-state index is 12.1. The van der Waals surface area contributed by atoms with Gasteiger partial charge in [-0.05, 0) is 19.4 Å². The number of nitrogens with two attached hydrogens (primary N) is 1. The first kappa shape index (κ1) is 17.1. The summed E-state index contributed by atoms with van der Waals surface area (Å²) in [5.41, 5.74) is 2.53. The third kappa shape index (κ3) is 5.12. The molecule has 0 bridgehead atoms. The monoisotopic (exact) mass is 314 g/mol. The lowest BCUT2D eigenvalue weighted by Crippen LogP contribution is -2.34. The minimum atomic E-state index is -0.934. The molecule has 0 saturated heterocycles. The zero-order valence-electron chi connectivity index (χ0n) is 11.8. The number of carbonyl (C=O) groups is 1. The topological polar surface area (TPSA) is 127 Å². The molecule has 116 valence electrons. The van der Waals surface area contributed by atoms with E-state index in [9.17, 15) is 19.1 Å². The summed E-state index contributed by atoms with van der Waals surface area (Å²) in [5, 5.41) is 13.5. The van der Waals surface area contributed by atoms with Gasteiger partial charge in [0.25, 0.3) is 11.6 Å². The maximum Gasteiger partial charge on any atom is 0.270 e. The van der Waals surface area contributed by atoms with E-state index in [1.165, 1.54) is 12.1 Å². The van der Waals surface area contributed by atoms with Crippen LogP contribution >= 0.6 is 0 Å². The quantitative estimate of drug-likeness (QED) is 0.387. The van der Waals surface area contributed by atoms with E-state index in [-0.39, 0.29) is 17.3 Å². The summed E-state index contributed by atoms with van der Waals surface area (Å²) >= 11 is 0. The molecule has 9 heteroatoms. The van der Waals surface area contributed by atoms with Crippen molar-refractivity contribution in [2.24, 2.45) is 5.84 Å². The van der Waals surface area contributed by atoms with Gasteiger partial charge >= 0.3 is 0 Å². The molecule has 0 saturated carbocycles. The molecule has 0 aliphatic rings. The highest BCUT2D eigenvalue weighted by Gasteiger charge is 2.18. The molecule has 4 N–H and O–H groups in total. The number of nitrogen functional groups attached to an aromatic ring is 1. The minimum Gasteiger partial charge on any atom is -0.349 e. The standard InChI is InChI=1S/C12H18N4O4S/c1-8(5-6-21(2)20)14-12(17)10-7-9(16(18)19)3-4-11(10)15-13/h3-4,7-8,15H,5-6,13H2,1-2H3,(H,14,17). The molecule has 1 aromatic carbocycles. The highest BCUT2D eigenvalue weighted by Crippen LogP contribution is 2.21. The third-order valence-corrected chi connectivity index (χ3v) is 3.64. The van der Waals surface area contributed by atoms with Gasteiger partial charge in [-0.3, -0.25) is 25.0 Å². The summed E-state index contributed by atoms with van der Waals surface area (Å²) in [6.45, 7) is 1.78. The van der Waals surface area contributed by atoms with Crippen molar-refractivity contribution in [3.05, 3.63) is 33.9 Å².